The van der Waals surface area contributed by atoms with Gasteiger partial charge in [0.15, 0.2) is 0 Å². The van der Waals surface area contributed by atoms with Crippen LogP contribution >= 0.6 is 15.9 Å². The van der Waals surface area contributed by atoms with E-state index in [-0.39, 0.29) is 4.47 Å². The molecule has 0 heterocycles. The number of nitrogens with zero attached hydrogens (tertiary/aromatic N) is 1. The summed E-state index contributed by atoms with van der Waals surface area (Å²) in [4.78, 5) is -0.399. The predicted molar refractivity (Wildman–Crippen MR) is 60.0 cm³/mol. The summed E-state index contributed by atoms with van der Waals surface area (Å²) < 4.78 is 61.8. The highest BCUT2D eigenvalue weighted by Gasteiger charge is 2.32. The van der Waals surface area contributed by atoms with Crippen LogP contribution in [0, 0.1) is 0 Å². The van der Waals surface area contributed by atoms with Crippen LogP contribution in [0.4, 0.5) is 13.2 Å². The van der Waals surface area contributed by atoms with Gasteiger partial charge in [0.1, 0.15) is 0 Å². The highest BCUT2D eigenvalue weighted by molar-refractivity contribution is 9.10. The molecule has 0 spiro atoms. The average molecular weight is 332 g/mol. The molecule has 1 rings (SSSR count). The first-order valence-electron chi connectivity index (χ1n) is 4.35. The highest BCUT2D eigenvalue weighted by Crippen LogP contribution is 2.33. The summed E-state index contributed by atoms with van der Waals surface area (Å²) in [6.45, 7) is 0. The van der Waals surface area contributed by atoms with Crippen LogP contribution in [0.2, 0.25) is 0 Å². The minimum atomic E-state index is -4.58. The largest absolute Gasteiger partial charge is 0.416 e. The second kappa shape index (κ2) is 4.58. The lowest BCUT2D eigenvalue weighted by molar-refractivity contribution is -0.137. The van der Waals surface area contributed by atoms with Crippen molar-refractivity contribution in [3.05, 3.63) is 28.2 Å². The van der Waals surface area contributed by atoms with Gasteiger partial charge in [-0.05, 0) is 18.2 Å². The van der Waals surface area contributed by atoms with Crippen molar-refractivity contribution in [2.75, 3.05) is 14.1 Å². The van der Waals surface area contributed by atoms with Gasteiger partial charge in [-0.15, -0.1) is 0 Å². The molecule has 0 aromatic heterocycles. The molecule has 96 valence electrons. The molecular formula is C9H9BrF3NO2S. The molecule has 1 aromatic rings. The molecule has 0 bridgehead atoms. The van der Waals surface area contributed by atoms with Gasteiger partial charge in [-0.3, -0.25) is 0 Å². The van der Waals surface area contributed by atoms with Crippen molar-refractivity contribution in [2.45, 2.75) is 11.1 Å². The molecule has 0 aliphatic carbocycles. The lowest BCUT2D eigenvalue weighted by Crippen LogP contribution is -2.22. The minimum Gasteiger partial charge on any atom is -0.207 e. The van der Waals surface area contributed by atoms with Crippen LogP contribution in [0.25, 0.3) is 0 Å². The Kier molecular flexibility index (Phi) is 3.90. The molecule has 0 fully saturated rings. The molecule has 3 nitrogen and oxygen atoms in total. The van der Waals surface area contributed by atoms with E-state index in [4.69, 9.17) is 0 Å². The molecular weight excluding hydrogens is 323 g/mol. The maximum Gasteiger partial charge on any atom is 0.416 e. The number of benzene rings is 1. The fourth-order valence-corrected chi connectivity index (χ4v) is 2.70. The minimum absolute atomic E-state index is 0.0627. The van der Waals surface area contributed by atoms with Crippen molar-refractivity contribution in [3.63, 3.8) is 0 Å². The Hall–Kier alpha value is -0.600. The van der Waals surface area contributed by atoms with Crippen LogP contribution in [-0.4, -0.2) is 26.8 Å². The Balaban J connectivity index is 3.44. The third-order valence-corrected chi connectivity index (χ3v) is 4.23. The van der Waals surface area contributed by atoms with Gasteiger partial charge in [0.05, 0.1) is 10.5 Å². The van der Waals surface area contributed by atoms with E-state index in [2.05, 4.69) is 15.9 Å². The Morgan fingerprint density at radius 1 is 1.18 bits per heavy atom. The van der Waals surface area contributed by atoms with Crippen molar-refractivity contribution in [2.24, 2.45) is 0 Å². The number of hydrogen-bond donors (Lipinski definition) is 0. The van der Waals surface area contributed by atoms with Gasteiger partial charge in [-0.25, -0.2) is 12.7 Å². The lowest BCUT2D eigenvalue weighted by Gasteiger charge is -2.14. The summed E-state index contributed by atoms with van der Waals surface area (Å²) in [6, 6.07) is 2.57. The van der Waals surface area contributed by atoms with Gasteiger partial charge in [0.2, 0.25) is 10.0 Å². The van der Waals surface area contributed by atoms with Crippen LogP contribution in [0.3, 0.4) is 0 Å². The van der Waals surface area contributed by atoms with Gasteiger partial charge >= 0.3 is 6.18 Å². The molecule has 0 amide bonds. The quantitative estimate of drug-likeness (QED) is 0.835. The van der Waals surface area contributed by atoms with E-state index in [9.17, 15) is 21.6 Å². The average Bonchev–Trinajstić information content (AvgIpc) is 2.15. The standard InChI is InChI=1S/C9H9BrF3NO2S/c1-14(2)17(15,16)8-4-6(9(11,12)13)3-7(10)5-8/h3-5H,1-2H3. The van der Waals surface area contributed by atoms with Crippen LogP contribution in [0.5, 0.6) is 0 Å². The fraction of sp³-hybridized carbons (Fsp3) is 0.333. The zero-order valence-electron chi connectivity index (χ0n) is 8.92. The van der Waals surface area contributed by atoms with Crippen molar-refractivity contribution in [1.29, 1.82) is 0 Å². The molecule has 0 aliphatic rings. The van der Waals surface area contributed by atoms with E-state index in [1.54, 1.807) is 0 Å². The predicted octanol–water partition coefficient (Wildman–Crippen LogP) is 2.72. The monoisotopic (exact) mass is 331 g/mol. The number of hydrogen-bond acceptors (Lipinski definition) is 2. The maximum absolute atomic E-state index is 12.5. The second-order valence-corrected chi connectivity index (χ2v) is 6.53. The third kappa shape index (κ3) is 3.20. The first-order chi connectivity index (χ1) is 7.55. The highest BCUT2D eigenvalue weighted by atomic mass is 79.9. The Bertz CT molecular complexity index is 526. The second-order valence-electron chi connectivity index (χ2n) is 3.46. The number of alkyl halides is 3. The van der Waals surface area contributed by atoms with E-state index in [1.165, 1.54) is 14.1 Å². The Morgan fingerprint density at radius 3 is 2.12 bits per heavy atom. The van der Waals surface area contributed by atoms with Crippen LogP contribution in [-0.2, 0) is 16.2 Å². The van der Waals surface area contributed by atoms with Crippen LogP contribution < -0.4 is 0 Å². The number of halogens is 4. The van der Waals surface area contributed by atoms with Crippen molar-refractivity contribution < 1.29 is 21.6 Å². The van der Waals surface area contributed by atoms with Crippen molar-refractivity contribution in [1.82, 2.24) is 4.31 Å². The first kappa shape index (κ1) is 14.5. The van der Waals surface area contributed by atoms with Gasteiger partial charge in [-0.2, -0.15) is 13.2 Å². The summed E-state index contributed by atoms with van der Waals surface area (Å²) in [5.41, 5.74) is -1.01. The van der Waals surface area contributed by atoms with Crippen LogP contribution in [0.1, 0.15) is 5.56 Å². The van der Waals surface area contributed by atoms with Gasteiger partial charge in [-0.1, -0.05) is 15.9 Å². The Labute approximate surface area is 105 Å². The summed E-state index contributed by atoms with van der Waals surface area (Å²) in [7, 11) is -1.37. The summed E-state index contributed by atoms with van der Waals surface area (Å²) in [5.74, 6) is 0. The smallest absolute Gasteiger partial charge is 0.207 e. The number of rotatable bonds is 2. The molecule has 0 atom stereocenters. The topological polar surface area (TPSA) is 37.4 Å². The zero-order chi connectivity index (χ0) is 13.4. The van der Waals surface area contributed by atoms with E-state index >= 15 is 0 Å². The van der Waals surface area contributed by atoms with Gasteiger partial charge in [0, 0.05) is 18.6 Å². The molecule has 0 saturated heterocycles. The molecule has 0 aliphatic heterocycles. The maximum atomic E-state index is 12.5. The SMILES string of the molecule is CN(C)S(=O)(=O)c1cc(Br)cc(C(F)(F)F)c1. The van der Waals surface area contributed by atoms with Gasteiger partial charge < -0.3 is 0 Å². The van der Waals surface area contributed by atoms with Crippen LogP contribution in [0.15, 0.2) is 27.6 Å². The summed E-state index contributed by atoms with van der Waals surface area (Å²) >= 11 is 2.86. The molecule has 17 heavy (non-hydrogen) atoms. The first-order valence-corrected chi connectivity index (χ1v) is 6.59. The molecule has 0 radical (unpaired) electrons. The van der Waals surface area contributed by atoms with E-state index < -0.39 is 26.7 Å². The third-order valence-electron chi connectivity index (χ3n) is 1.98. The molecule has 0 unspecified atom stereocenters. The fourth-order valence-electron chi connectivity index (χ4n) is 1.09. The molecule has 8 heteroatoms. The molecule has 1 aromatic carbocycles. The normalized spacial score (nSPS) is 13.1. The Morgan fingerprint density at radius 2 is 1.71 bits per heavy atom. The van der Waals surface area contributed by atoms with E-state index in [0.29, 0.717) is 6.07 Å². The summed E-state index contributed by atoms with van der Waals surface area (Å²) in [5, 5.41) is 0. The zero-order valence-corrected chi connectivity index (χ0v) is 11.3. The molecule has 0 saturated carbocycles. The number of sulfonamides is 1. The van der Waals surface area contributed by atoms with Crippen molar-refractivity contribution in [3.8, 4) is 0 Å². The van der Waals surface area contributed by atoms with E-state index in [1.807, 2.05) is 0 Å². The van der Waals surface area contributed by atoms with Gasteiger partial charge in [0.25, 0.3) is 0 Å². The van der Waals surface area contributed by atoms with E-state index in [0.717, 1.165) is 16.4 Å². The lowest BCUT2D eigenvalue weighted by atomic mass is 10.2. The molecule has 0 N–H and O–H groups in total. The van der Waals surface area contributed by atoms with Crippen molar-refractivity contribution >= 4 is 26.0 Å². The summed E-state index contributed by atoms with van der Waals surface area (Å²) in [6.07, 6.45) is -4.58.